The van der Waals surface area contributed by atoms with Crippen LogP contribution in [0.2, 0.25) is 0 Å². The van der Waals surface area contributed by atoms with E-state index in [1.165, 1.54) is 37.3 Å². The maximum absolute atomic E-state index is 11.0. The highest BCUT2D eigenvalue weighted by atomic mass is 16.6. The maximum atomic E-state index is 11.0. The van der Waals surface area contributed by atoms with Crippen molar-refractivity contribution in [3.63, 3.8) is 0 Å². The van der Waals surface area contributed by atoms with Gasteiger partial charge in [-0.15, -0.1) is 0 Å². The fourth-order valence-corrected chi connectivity index (χ4v) is 3.79. The summed E-state index contributed by atoms with van der Waals surface area (Å²) in [5.74, 6) is 1.46. The van der Waals surface area contributed by atoms with E-state index in [9.17, 15) is 15.2 Å². The second kappa shape index (κ2) is 9.54. The normalized spacial score (nSPS) is 17.2. The van der Waals surface area contributed by atoms with Crippen molar-refractivity contribution in [2.24, 2.45) is 5.10 Å². The van der Waals surface area contributed by atoms with Crippen LogP contribution < -0.4 is 15.2 Å². The van der Waals surface area contributed by atoms with Gasteiger partial charge in [-0.25, -0.2) is 5.43 Å². The first-order valence-electron chi connectivity index (χ1n) is 10.6. The van der Waals surface area contributed by atoms with Gasteiger partial charge in [0.25, 0.3) is 5.69 Å². The topological polar surface area (TPSA) is 133 Å². The van der Waals surface area contributed by atoms with Gasteiger partial charge in [-0.2, -0.15) is 20.1 Å². The van der Waals surface area contributed by atoms with Gasteiger partial charge >= 0.3 is 0 Å². The molecule has 0 atom stereocenters. The fraction of sp³-hybridized carbons (Fsp3) is 0.500. The largest absolute Gasteiger partial charge is 0.507 e. The molecular formula is C20H26N8O3. The average Bonchev–Trinajstić information content (AvgIpc) is 2.81. The molecule has 0 saturated carbocycles. The molecule has 3 heterocycles. The van der Waals surface area contributed by atoms with Crippen LogP contribution in [-0.2, 0) is 0 Å². The zero-order valence-corrected chi connectivity index (χ0v) is 17.3. The molecule has 4 rings (SSSR count). The van der Waals surface area contributed by atoms with Crippen molar-refractivity contribution in [2.45, 2.75) is 38.5 Å². The van der Waals surface area contributed by atoms with Crippen LogP contribution in [0.3, 0.4) is 0 Å². The minimum Gasteiger partial charge on any atom is -0.507 e. The number of aromatic nitrogens is 3. The lowest BCUT2D eigenvalue weighted by molar-refractivity contribution is -0.384. The number of anilines is 3. The quantitative estimate of drug-likeness (QED) is 0.406. The van der Waals surface area contributed by atoms with Crippen LogP contribution in [0, 0.1) is 10.1 Å². The number of aromatic hydroxyl groups is 1. The van der Waals surface area contributed by atoms with Crippen LogP contribution in [0.4, 0.5) is 23.5 Å². The number of hydrogen-bond acceptors (Lipinski definition) is 10. The SMILES string of the molecule is O=[N+]([O-])c1ccc(O)c(/C=N\Nc2nc(N3CCCCC3)nc(N3CCCCC3)n2)c1. The summed E-state index contributed by atoms with van der Waals surface area (Å²) >= 11 is 0. The van der Waals surface area contributed by atoms with Gasteiger partial charge < -0.3 is 14.9 Å². The lowest BCUT2D eigenvalue weighted by atomic mass is 10.1. The lowest BCUT2D eigenvalue weighted by Gasteiger charge is -2.30. The van der Waals surface area contributed by atoms with Crippen LogP contribution in [-0.4, -0.2) is 57.4 Å². The Hall–Kier alpha value is -3.50. The molecule has 0 aliphatic carbocycles. The first-order chi connectivity index (χ1) is 15.1. The van der Waals surface area contributed by atoms with Crippen LogP contribution in [0.25, 0.3) is 0 Å². The number of nitro benzene ring substituents is 1. The number of nitrogens with zero attached hydrogens (tertiary/aromatic N) is 7. The van der Waals surface area contributed by atoms with E-state index < -0.39 is 4.92 Å². The molecule has 2 aliphatic heterocycles. The number of phenolic OH excluding ortho intramolecular Hbond substituents is 1. The van der Waals surface area contributed by atoms with Crippen molar-refractivity contribution in [1.29, 1.82) is 0 Å². The monoisotopic (exact) mass is 426 g/mol. The van der Waals surface area contributed by atoms with Crippen molar-refractivity contribution in [3.8, 4) is 5.75 Å². The molecule has 2 fully saturated rings. The molecule has 1 aromatic carbocycles. The smallest absolute Gasteiger partial charge is 0.270 e. The van der Waals surface area contributed by atoms with Gasteiger partial charge in [0.2, 0.25) is 17.8 Å². The van der Waals surface area contributed by atoms with Gasteiger partial charge in [0.05, 0.1) is 11.1 Å². The molecule has 31 heavy (non-hydrogen) atoms. The highest BCUT2D eigenvalue weighted by Crippen LogP contribution is 2.23. The van der Waals surface area contributed by atoms with Crippen LogP contribution in [0.1, 0.15) is 44.1 Å². The average molecular weight is 426 g/mol. The van der Waals surface area contributed by atoms with E-state index in [1.54, 1.807) is 0 Å². The number of hydrogen-bond donors (Lipinski definition) is 2. The number of phenols is 1. The Balaban J connectivity index is 1.57. The molecule has 2 aliphatic rings. The summed E-state index contributed by atoms with van der Waals surface area (Å²) in [6.45, 7) is 3.64. The third-order valence-electron chi connectivity index (χ3n) is 5.48. The van der Waals surface area contributed by atoms with Crippen LogP contribution in [0.5, 0.6) is 5.75 Å². The zero-order chi connectivity index (χ0) is 21.6. The molecule has 0 spiro atoms. The Morgan fingerprint density at radius 2 is 1.55 bits per heavy atom. The van der Waals surface area contributed by atoms with Crippen molar-refractivity contribution < 1.29 is 10.0 Å². The predicted molar refractivity (Wildman–Crippen MR) is 118 cm³/mol. The van der Waals surface area contributed by atoms with E-state index in [0.29, 0.717) is 17.8 Å². The summed E-state index contributed by atoms with van der Waals surface area (Å²) in [5.41, 5.74) is 2.90. The lowest BCUT2D eigenvalue weighted by Crippen LogP contribution is -2.34. The zero-order valence-electron chi connectivity index (χ0n) is 17.3. The van der Waals surface area contributed by atoms with Gasteiger partial charge in [-0.05, 0) is 44.6 Å². The van der Waals surface area contributed by atoms with Crippen molar-refractivity contribution in [3.05, 3.63) is 33.9 Å². The van der Waals surface area contributed by atoms with Crippen LogP contribution in [0.15, 0.2) is 23.3 Å². The molecule has 164 valence electrons. The minimum absolute atomic E-state index is 0.102. The summed E-state index contributed by atoms with van der Waals surface area (Å²) in [5, 5.41) is 25.0. The third kappa shape index (κ3) is 5.16. The predicted octanol–water partition coefficient (Wildman–Crippen LogP) is 2.91. The first kappa shape index (κ1) is 20.8. The summed E-state index contributed by atoms with van der Waals surface area (Å²) < 4.78 is 0. The second-order valence-corrected chi connectivity index (χ2v) is 7.72. The van der Waals surface area contributed by atoms with Crippen LogP contribution >= 0.6 is 0 Å². The number of non-ortho nitro benzene ring substituents is 1. The summed E-state index contributed by atoms with van der Waals surface area (Å²) in [4.78, 5) is 28.6. The number of nitro groups is 1. The molecule has 0 unspecified atom stereocenters. The van der Waals surface area contributed by atoms with Gasteiger partial charge in [0.15, 0.2) is 0 Å². The Kier molecular flexibility index (Phi) is 6.39. The van der Waals surface area contributed by atoms with E-state index in [1.807, 2.05) is 0 Å². The molecule has 1 aromatic heterocycles. The highest BCUT2D eigenvalue weighted by molar-refractivity contribution is 5.84. The molecule has 2 N–H and O–H groups in total. The summed E-state index contributed by atoms with van der Waals surface area (Å²) in [6.07, 6.45) is 8.17. The van der Waals surface area contributed by atoms with E-state index in [4.69, 9.17) is 4.98 Å². The second-order valence-electron chi connectivity index (χ2n) is 7.72. The summed E-state index contributed by atoms with van der Waals surface area (Å²) in [7, 11) is 0. The van der Waals surface area contributed by atoms with Gasteiger partial charge in [-0.1, -0.05) is 0 Å². The molecule has 11 nitrogen and oxygen atoms in total. The number of hydrazone groups is 1. The Morgan fingerprint density at radius 1 is 0.968 bits per heavy atom. The van der Waals surface area contributed by atoms with Gasteiger partial charge in [0, 0.05) is 43.9 Å². The van der Waals surface area contributed by atoms with Crippen molar-refractivity contribution in [1.82, 2.24) is 15.0 Å². The Bertz CT molecular complexity index is 919. The molecule has 11 heteroatoms. The number of piperidine rings is 2. The van der Waals surface area contributed by atoms with Gasteiger partial charge in [0.1, 0.15) is 5.75 Å². The van der Waals surface area contributed by atoms with Gasteiger partial charge in [-0.3, -0.25) is 10.1 Å². The van der Waals surface area contributed by atoms with E-state index >= 15 is 0 Å². The summed E-state index contributed by atoms with van der Waals surface area (Å²) in [6, 6.07) is 3.76. The number of nitrogens with one attached hydrogen (secondary N) is 1. The Labute approximate surface area is 180 Å². The third-order valence-corrected chi connectivity index (χ3v) is 5.48. The van der Waals surface area contributed by atoms with Crippen molar-refractivity contribution >= 4 is 29.7 Å². The molecule has 0 amide bonds. The molecular weight excluding hydrogens is 400 g/mol. The number of benzene rings is 1. The van der Waals surface area contributed by atoms with E-state index in [0.717, 1.165) is 51.9 Å². The first-order valence-corrected chi connectivity index (χ1v) is 10.6. The Morgan fingerprint density at radius 3 is 2.10 bits per heavy atom. The maximum Gasteiger partial charge on any atom is 0.270 e. The number of rotatable bonds is 6. The molecule has 0 radical (unpaired) electrons. The van der Waals surface area contributed by atoms with E-state index in [-0.39, 0.29) is 17.0 Å². The van der Waals surface area contributed by atoms with Crippen molar-refractivity contribution in [2.75, 3.05) is 41.4 Å². The fourth-order valence-electron chi connectivity index (χ4n) is 3.79. The minimum atomic E-state index is -0.522. The highest BCUT2D eigenvalue weighted by Gasteiger charge is 2.20. The van der Waals surface area contributed by atoms with E-state index in [2.05, 4.69) is 30.3 Å². The standard InChI is InChI=1S/C20H26N8O3/c29-17-8-7-16(28(30)31)13-15(17)14-21-25-18-22-19(26-9-3-1-4-10-26)24-20(23-18)27-11-5-2-6-12-27/h7-8,13-14,29H,1-6,9-12H2,(H,22,23,24,25)/b21-14-. The molecule has 0 bridgehead atoms. The molecule has 2 aromatic rings. The molecule has 2 saturated heterocycles.